The van der Waals surface area contributed by atoms with Gasteiger partial charge in [-0.2, -0.15) is 5.10 Å². The Labute approximate surface area is 204 Å². The first-order valence-corrected chi connectivity index (χ1v) is 12.0. The van der Waals surface area contributed by atoms with Crippen molar-refractivity contribution in [3.05, 3.63) is 71.4 Å². The first kappa shape index (κ1) is 25.9. The molecule has 0 aliphatic carbocycles. The summed E-state index contributed by atoms with van der Waals surface area (Å²) in [7, 11) is 0. The van der Waals surface area contributed by atoms with E-state index in [4.69, 9.17) is 14.6 Å². The summed E-state index contributed by atoms with van der Waals surface area (Å²) in [5.41, 5.74) is 3.69. The zero-order valence-electron chi connectivity index (χ0n) is 21.6. The Morgan fingerprint density at radius 2 is 1.74 bits per heavy atom. The van der Waals surface area contributed by atoms with E-state index in [2.05, 4.69) is 31.7 Å². The number of para-hydroxylation sites is 1. The van der Waals surface area contributed by atoms with Gasteiger partial charge in [-0.25, -0.2) is 4.68 Å². The highest BCUT2D eigenvalue weighted by molar-refractivity contribution is 5.43. The Morgan fingerprint density at radius 1 is 1.03 bits per heavy atom. The summed E-state index contributed by atoms with van der Waals surface area (Å²) < 4.78 is 14.1. The smallest absolute Gasteiger partial charge is 0.227 e. The highest BCUT2D eigenvalue weighted by Gasteiger charge is 2.24. The van der Waals surface area contributed by atoms with Crippen LogP contribution >= 0.6 is 0 Å². The zero-order valence-corrected chi connectivity index (χ0v) is 21.6. The first-order chi connectivity index (χ1) is 16.0. The first-order valence-electron chi connectivity index (χ1n) is 12.0. The number of hydrogen-bond donors (Lipinski definition) is 1. The summed E-state index contributed by atoms with van der Waals surface area (Å²) in [4.78, 5) is 2.24. The van der Waals surface area contributed by atoms with Crippen molar-refractivity contribution in [3.63, 3.8) is 0 Å². The molecular formula is C28H39N3O3. The largest absolute Gasteiger partial charge is 0.439 e. The molecule has 3 rings (SSSR count). The van der Waals surface area contributed by atoms with Crippen LogP contribution in [0.4, 0.5) is 0 Å². The van der Waals surface area contributed by atoms with Gasteiger partial charge in [-0.1, -0.05) is 30.3 Å². The maximum Gasteiger partial charge on any atom is 0.227 e. The number of aliphatic hydroxyl groups is 1. The van der Waals surface area contributed by atoms with E-state index in [1.54, 1.807) is 0 Å². The number of aliphatic hydroxyl groups excluding tert-OH is 1. The van der Waals surface area contributed by atoms with Crippen molar-refractivity contribution in [2.75, 3.05) is 13.2 Å². The molecule has 1 aromatic heterocycles. The minimum atomic E-state index is -0.591. The molecule has 0 radical (unpaired) electrons. The molecule has 1 N–H and O–H groups in total. The Morgan fingerprint density at radius 3 is 2.35 bits per heavy atom. The highest BCUT2D eigenvalue weighted by atomic mass is 16.5. The van der Waals surface area contributed by atoms with Gasteiger partial charge in [0.15, 0.2) is 0 Å². The fourth-order valence-corrected chi connectivity index (χ4v) is 3.69. The van der Waals surface area contributed by atoms with Gasteiger partial charge in [0.05, 0.1) is 35.3 Å². The maximum absolute atomic E-state index is 10.7. The Bertz CT molecular complexity index is 1050. The van der Waals surface area contributed by atoms with Crippen LogP contribution in [-0.4, -0.2) is 50.7 Å². The molecular weight excluding hydrogens is 426 g/mol. The van der Waals surface area contributed by atoms with Gasteiger partial charge in [0, 0.05) is 19.1 Å². The number of nitrogens with zero attached hydrogens (tertiary/aromatic N) is 3. The van der Waals surface area contributed by atoms with Crippen LogP contribution in [0.25, 0.3) is 5.69 Å². The summed E-state index contributed by atoms with van der Waals surface area (Å²) in [6.07, 6.45) is -0.591. The van der Waals surface area contributed by atoms with E-state index in [1.807, 2.05) is 80.9 Å². The maximum atomic E-state index is 10.7. The van der Waals surface area contributed by atoms with Crippen molar-refractivity contribution >= 4 is 0 Å². The van der Waals surface area contributed by atoms with Gasteiger partial charge in [0.1, 0.15) is 5.75 Å². The number of benzene rings is 2. The molecule has 0 aliphatic rings. The topological polar surface area (TPSA) is 59.8 Å². The summed E-state index contributed by atoms with van der Waals surface area (Å²) >= 11 is 0. The minimum absolute atomic E-state index is 0.218. The third-order valence-corrected chi connectivity index (χ3v) is 5.59. The molecule has 184 valence electrons. The number of hydrogen-bond acceptors (Lipinski definition) is 5. The van der Waals surface area contributed by atoms with Gasteiger partial charge >= 0.3 is 0 Å². The monoisotopic (exact) mass is 465 g/mol. The molecule has 0 amide bonds. The summed E-state index contributed by atoms with van der Waals surface area (Å²) in [5, 5.41) is 15.5. The molecule has 1 atom stereocenters. The molecule has 0 aliphatic heterocycles. The van der Waals surface area contributed by atoms with E-state index in [1.165, 1.54) is 0 Å². The Balaban J connectivity index is 1.93. The van der Waals surface area contributed by atoms with Crippen molar-refractivity contribution in [2.24, 2.45) is 0 Å². The van der Waals surface area contributed by atoms with E-state index in [0.717, 1.165) is 28.3 Å². The Hall–Kier alpha value is -2.67. The van der Waals surface area contributed by atoms with Crippen LogP contribution in [0, 0.1) is 13.8 Å². The normalized spacial score (nSPS) is 13.0. The van der Waals surface area contributed by atoms with Gasteiger partial charge in [0.2, 0.25) is 5.88 Å². The van der Waals surface area contributed by atoms with Crippen LogP contribution in [0.1, 0.15) is 51.4 Å². The van der Waals surface area contributed by atoms with Crippen molar-refractivity contribution < 1.29 is 14.6 Å². The van der Waals surface area contributed by atoms with E-state index in [9.17, 15) is 5.11 Å². The van der Waals surface area contributed by atoms with Crippen molar-refractivity contribution in [1.29, 1.82) is 0 Å². The molecule has 6 nitrogen and oxygen atoms in total. The average molecular weight is 466 g/mol. The molecule has 2 aromatic carbocycles. The van der Waals surface area contributed by atoms with Gasteiger partial charge in [-0.3, -0.25) is 4.90 Å². The zero-order chi connectivity index (χ0) is 24.9. The summed E-state index contributed by atoms with van der Waals surface area (Å²) in [6.45, 7) is 15.7. The molecule has 0 fully saturated rings. The summed E-state index contributed by atoms with van der Waals surface area (Å²) in [6, 6.07) is 18.3. The highest BCUT2D eigenvalue weighted by Crippen LogP contribution is 2.32. The van der Waals surface area contributed by atoms with Crippen molar-refractivity contribution in [2.45, 2.75) is 72.8 Å². The third-order valence-electron chi connectivity index (χ3n) is 5.59. The van der Waals surface area contributed by atoms with E-state index < -0.39 is 6.10 Å². The molecule has 34 heavy (non-hydrogen) atoms. The van der Waals surface area contributed by atoms with Gasteiger partial charge in [0.25, 0.3) is 0 Å². The fourth-order valence-electron chi connectivity index (χ4n) is 3.69. The lowest BCUT2D eigenvalue weighted by atomic mass is 10.1. The summed E-state index contributed by atoms with van der Waals surface area (Å²) in [5.74, 6) is 1.47. The molecule has 0 bridgehead atoms. The number of aromatic nitrogens is 2. The SMILES string of the molecule is Cc1cccc(Oc2c(CN(C[C@H](O)COC(C)(C)C)C(C)C)c(C)nn2-c2ccccc2)c1. The van der Waals surface area contributed by atoms with Crippen molar-refractivity contribution in [1.82, 2.24) is 14.7 Å². The molecule has 0 spiro atoms. The lowest BCUT2D eigenvalue weighted by Gasteiger charge is -2.30. The molecule has 0 saturated carbocycles. The second kappa shape index (κ2) is 11.2. The number of rotatable bonds is 10. The van der Waals surface area contributed by atoms with Gasteiger partial charge in [-0.05, 0) is 78.3 Å². The average Bonchev–Trinajstić information content (AvgIpc) is 3.07. The lowest BCUT2D eigenvalue weighted by Crippen LogP contribution is -2.40. The van der Waals surface area contributed by atoms with E-state index in [-0.39, 0.29) is 11.6 Å². The number of ether oxygens (including phenoxy) is 2. The van der Waals surface area contributed by atoms with Crippen LogP contribution in [0.5, 0.6) is 11.6 Å². The second-order valence-electron chi connectivity index (χ2n) is 10.1. The molecule has 3 aromatic rings. The minimum Gasteiger partial charge on any atom is -0.439 e. The van der Waals surface area contributed by atoms with E-state index >= 15 is 0 Å². The molecule has 0 unspecified atom stereocenters. The molecule has 1 heterocycles. The van der Waals surface area contributed by atoms with Crippen LogP contribution < -0.4 is 4.74 Å². The lowest BCUT2D eigenvalue weighted by molar-refractivity contribution is -0.0587. The van der Waals surface area contributed by atoms with Crippen LogP contribution in [0.2, 0.25) is 0 Å². The van der Waals surface area contributed by atoms with Crippen LogP contribution in [0.15, 0.2) is 54.6 Å². The van der Waals surface area contributed by atoms with Crippen molar-refractivity contribution in [3.8, 4) is 17.3 Å². The molecule has 0 saturated heterocycles. The Kier molecular flexibility index (Phi) is 8.52. The van der Waals surface area contributed by atoms with Gasteiger partial charge < -0.3 is 14.6 Å². The predicted molar refractivity (Wildman–Crippen MR) is 137 cm³/mol. The predicted octanol–water partition coefficient (Wildman–Crippen LogP) is 5.67. The van der Waals surface area contributed by atoms with Crippen LogP contribution in [-0.2, 0) is 11.3 Å². The van der Waals surface area contributed by atoms with Gasteiger partial charge in [-0.15, -0.1) is 0 Å². The standard InChI is InChI=1S/C28H39N3O3/c1-20(2)30(17-24(32)19-33-28(5,6)7)18-26-22(4)29-31(23-13-9-8-10-14-23)27(26)34-25-15-11-12-21(3)16-25/h8-16,20,24,32H,17-19H2,1-7H3/t24-/m0/s1. The quantitative estimate of drug-likeness (QED) is 0.418. The number of aryl methyl sites for hydroxylation is 2. The second-order valence-corrected chi connectivity index (χ2v) is 10.1. The van der Waals surface area contributed by atoms with Crippen LogP contribution in [0.3, 0.4) is 0 Å². The third kappa shape index (κ3) is 7.16. The molecule has 6 heteroatoms. The fraction of sp³-hybridized carbons (Fsp3) is 0.464. The van der Waals surface area contributed by atoms with E-state index in [0.29, 0.717) is 25.6 Å².